The maximum absolute atomic E-state index is 2.62. The molecule has 0 spiro atoms. The Balaban J connectivity index is 1.69. The molecule has 0 aromatic heterocycles. The highest BCUT2D eigenvalue weighted by Crippen LogP contribution is 2.58. The molecule has 1 aliphatic carbocycles. The average Bonchev–Trinajstić information content (AvgIpc) is 3.22. The number of nitrogens with zero attached hydrogens (tertiary/aromatic N) is 2. The Hall–Kier alpha value is -1.96. The molecule has 0 N–H and O–H groups in total. The minimum absolute atomic E-state index is 0.546. The van der Waals surface area contributed by atoms with Gasteiger partial charge in [0.25, 0.3) is 0 Å². The van der Waals surface area contributed by atoms with Gasteiger partial charge in [0, 0.05) is 19.5 Å². The highest BCUT2D eigenvalue weighted by atomic mass is 15.4. The Kier molecular flexibility index (Phi) is 1.93. The van der Waals surface area contributed by atoms with E-state index in [2.05, 4.69) is 65.4 Å². The highest BCUT2D eigenvalue weighted by molar-refractivity contribution is 5.78. The Morgan fingerprint density at radius 2 is 1.70 bits per heavy atom. The van der Waals surface area contributed by atoms with Crippen molar-refractivity contribution in [3.05, 3.63) is 59.7 Å². The summed E-state index contributed by atoms with van der Waals surface area (Å²) < 4.78 is 0. The number of anilines is 2. The van der Waals surface area contributed by atoms with Crippen molar-refractivity contribution >= 4 is 11.4 Å². The van der Waals surface area contributed by atoms with Crippen molar-refractivity contribution < 1.29 is 0 Å². The Morgan fingerprint density at radius 1 is 0.950 bits per heavy atom. The quantitative estimate of drug-likeness (QED) is 0.716. The van der Waals surface area contributed by atoms with E-state index >= 15 is 0 Å². The van der Waals surface area contributed by atoms with Crippen LogP contribution in [0.4, 0.5) is 11.4 Å². The smallest absolute Gasteiger partial charge is 0.105 e. The minimum atomic E-state index is 0.546. The van der Waals surface area contributed by atoms with E-state index in [1.54, 1.807) is 5.56 Å². The third-order valence-corrected chi connectivity index (χ3v) is 5.31. The number of fused-ring (bicyclic) bond motifs is 7. The minimum Gasteiger partial charge on any atom is -0.352 e. The Labute approximate surface area is 119 Å². The van der Waals surface area contributed by atoms with Gasteiger partial charge in [-0.1, -0.05) is 36.4 Å². The summed E-state index contributed by atoms with van der Waals surface area (Å²) in [5.41, 5.74) is 5.91. The lowest BCUT2D eigenvalue weighted by molar-refractivity contribution is 0.548. The van der Waals surface area contributed by atoms with Gasteiger partial charge in [-0.3, -0.25) is 0 Å². The van der Waals surface area contributed by atoms with E-state index in [1.165, 1.54) is 23.4 Å². The van der Waals surface area contributed by atoms with Crippen LogP contribution in [0.3, 0.4) is 0 Å². The molecule has 2 heteroatoms. The van der Waals surface area contributed by atoms with Crippen LogP contribution >= 0.6 is 0 Å². The first-order chi connectivity index (χ1) is 9.84. The van der Waals surface area contributed by atoms with Crippen LogP contribution in [-0.2, 0) is 6.54 Å². The van der Waals surface area contributed by atoms with Crippen LogP contribution < -0.4 is 9.80 Å². The van der Waals surface area contributed by atoms with Gasteiger partial charge in [-0.25, -0.2) is 0 Å². The monoisotopic (exact) mass is 262 g/mol. The molecule has 0 amide bonds. The third-order valence-electron chi connectivity index (χ3n) is 5.31. The fourth-order valence-corrected chi connectivity index (χ4v) is 4.32. The normalized spacial score (nSPS) is 29.1. The third kappa shape index (κ3) is 1.24. The summed E-state index contributed by atoms with van der Waals surface area (Å²) in [6.45, 7) is 1.05. The van der Waals surface area contributed by atoms with Crippen molar-refractivity contribution in [3.8, 4) is 0 Å². The largest absolute Gasteiger partial charge is 0.352 e. The molecule has 0 bridgehead atoms. The van der Waals surface area contributed by atoms with Gasteiger partial charge in [-0.15, -0.1) is 0 Å². The molecule has 3 atom stereocenters. The van der Waals surface area contributed by atoms with Gasteiger partial charge in [-0.2, -0.15) is 0 Å². The van der Waals surface area contributed by atoms with Crippen LogP contribution in [0.2, 0.25) is 0 Å². The first kappa shape index (κ1) is 10.8. The van der Waals surface area contributed by atoms with E-state index in [0.717, 1.165) is 18.4 Å². The summed E-state index contributed by atoms with van der Waals surface area (Å²) in [5.74, 6) is 1.56. The second kappa shape index (κ2) is 3.57. The fourth-order valence-electron chi connectivity index (χ4n) is 4.32. The molecule has 2 aromatic rings. The van der Waals surface area contributed by atoms with Crippen molar-refractivity contribution in [3.63, 3.8) is 0 Å². The van der Waals surface area contributed by atoms with Crippen LogP contribution in [0.15, 0.2) is 48.5 Å². The molecule has 3 unspecified atom stereocenters. The van der Waals surface area contributed by atoms with Gasteiger partial charge in [0.15, 0.2) is 0 Å². The molecule has 0 radical (unpaired) electrons. The van der Waals surface area contributed by atoms with Crippen molar-refractivity contribution in [1.29, 1.82) is 0 Å². The van der Waals surface area contributed by atoms with Gasteiger partial charge in [-0.05, 0) is 35.6 Å². The highest BCUT2D eigenvalue weighted by Gasteiger charge is 2.53. The topological polar surface area (TPSA) is 6.48 Å². The lowest BCUT2D eigenvalue weighted by atomic mass is 10.0. The second-order valence-corrected chi connectivity index (χ2v) is 6.35. The van der Waals surface area contributed by atoms with Crippen LogP contribution in [0.25, 0.3) is 0 Å². The predicted octanol–water partition coefficient (Wildman–Crippen LogP) is 3.59. The summed E-state index contributed by atoms with van der Waals surface area (Å²) >= 11 is 0. The zero-order chi connectivity index (χ0) is 13.3. The molecule has 2 nitrogen and oxygen atoms in total. The van der Waals surface area contributed by atoms with Gasteiger partial charge >= 0.3 is 0 Å². The molecular formula is C18H18N2. The summed E-state index contributed by atoms with van der Waals surface area (Å²) in [6, 6.07) is 17.9. The molecule has 2 heterocycles. The number of para-hydroxylation sites is 2. The van der Waals surface area contributed by atoms with Crippen molar-refractivity contribution in [2.75, 3.05) is 16.8 Å². The van der Waals surface area contributed by atoms with Crippen LogP contribution in [0, 0.1) is 5.92 Å². The van der Waals surface area contributed by atoms with Gasteiger partial charge < -0.3 is 9.80 Å². The first-order valence-electron chi connectivity index (χ1n) is 7.51. The van der Waals surface area contributed by atoms with E-state index in [1.807, 2.05) is 0 Å². The number of rotatable bonds is 0. The molecule has 3 aliphatic rings. The first-order valence-corrected chi connectivity index (χ1v) is 7.51. The molecular weight excluding hydrogens is 244 g/mol. The SMILES string of the molecule is CN1c2ccccc2N2Cc3ccccc3C3CC3C12. The lowest BCUT2D eigenvalue weighted by Crippen LogP contribution is -2.42. The predicted molar refractivity (Wildman–Crippen MR) is 82.1 cm³/mol. The lowest BCUT2D eigenvalue weighted by Gasteiger charge is -2.30. The van der Waals surface area contributed by atoms with Gasteiger partial charge in [0.2, 0.25) is 0 Å². The van der Waals surface area contributed by atoms with E-state index in [4.69, 9.17) is 0 Å². The van der Waals surface area contributed by atoms with Crippen molar-refractivity contribution in [1.82, 2.24) is 0 Å². The summed E-state index contributed by atoms with van der Waals surface area (Å²) in [4.78, 5) is 5.11. The fraction of sp³-hybridized carbons (Fsp3) is 0.333. The van der Waals surface area contributed by atoms with Crippen LogP contribution in [0.1, 0.15) is 23.5 Å². The van der Waals surface area contributed by atoms with Crippen LogP contribution in [-0.4, -0.2) is 13.2 Å². The number of hydrogen-bond acceptors (Lipinski definition) is 2. The van der Waals surface area contributed by atoms with Gasteiger partial charge in [0.1, 0.15) is 6.17 Å². The zero-order valence-electron chi connectivity index (χ0n) is 11.7. The second-order valence-electron chi connectivity index (χ2n) is 6.35. The van der Waals surface area contributed by atoms with Gasteiger partial charge in [0.05, 0.1) is 11.4 Å². The summed E-state index contributed by atoms with van der Waals surface area (Å²) in [5, 5.41) is 0. The van der Waals surface area contributed by atoms with E-state index in [0.29, 0.717) is 6.17 Å². The molecule has 1 fully saturated rings. The van der Waals surface area contributed by atoms with Crippen molar-refractivity contribution in [2.24, 2.45) is 5.92 Å². The molecule has 5 rings (SSSR count). The number of benzene rings is 2. The summed E-state index contributed by atoms with van der Waals surface area (Å²) in [6.07, 6.45) is 1.89. The maximum Gasteiger partial charge on any atom is 0.105 e. The zero-order valence-corrected chi connectivity index (χ0v) is 11.7. The molecule has 2 aromatic carbocycles. The standard InChI is InChI=1S/C18H18N2/c1-19-16-8-4-5-9-17(16)20-11-12-6-2-3-7-13(12)14-10-15(14)18(19)20/h2-9,14-15,18H,10-11H2,1H3. The summed E-state index contributed by atoms with van der Waals surface area (Å²) in [7, 11) is 2.26. The molecule has 1 saturated carbocycles. The number of hydrogen-bond donors (Lipinski definition) is 0. The Bertz CT molecular complexity index is 693. The molecule has 2 aliphatic heterocycles. The average molecular weight is 262 g/mol. The van der Waals surface area contributed by atoms with Crippen LogP contribution in [0.5, 0.6) is 0 Å². The van der Waals surface area contributed by atoms with E-state index in [9.17, 15) is 0 Å². The van der Waals surface area contributed by atoms with E-state index < -0.39 is 0 Å². The molecule has 100 valence electrons. The maximum atomic E-state index is 2.62. The van der Waals surface area contributed by atoms with Crippen molar-refractivity contribution in [2.45, 2.75) is 25.0 Å². The Morgan fingerprint density at radius 3 is 2.60 bits per heavy atom. The van der Waals surface area contributed by atoms with E-state index in [-0.39, 0.29) is 0 Å². The molecule has 0 saturated heterocycles. The molecule has 20 heavy (non-hydrogen) atoms.